The molecule has 1 aromatic rings. The first-order valence-corrected chi connectivity index (χ1v) is 7.46. The topological polar surface area (TPSA) is 43.8 Å². The summed E-state index contributed by atoms with van der Waals surface area (Å²) >= 11 is 1.93. The summed E-state index contributed by atoms with van der Waals surface area (Å²) in [7, 11) is 2.01. The molecule has 0 saturated heterocycles. The molecule has 1 heterocycles. The van der Waals surface area contributed by atoms with Gasteiger partial charge in [0, 0.05) is 12.3 Å². The van der Waals surface area contributed by atoms with Crippen molar-refractivity contribution in [2.45, 2.75) is 62.1 Å². The van der Waals surface area contributed by atoms with E-state index in [2.05, 4.69) is 18.9 Å². The van der Waals surface area contributed by atoms with Crippen molar-refractivity contribution in [1.82, 2.24) is 9.78 Å². The van der Waals surface area contributed by atoms with E-state index in [9.17, 15) is 0 Å². The van der Waals surface area contributed by atoms with Gasteiger partial charge in [-0.05, 0) is 18.8 Å². The molecule has 0 amide bonds. The number of hydrogen-bond donors (Lipinski definition) is 1. The second kappa shape index (κ2) is 5.34. The first kappa shape index (κ1) is 12.8. The van der Waals surface area contributed by atoms with Gasteiger partial charge in [-0.1, -0.05) is 33.1 Å². The van der Waals surface area contributed by atoms with Gasteiger partial charge in [0.05, 0.1) is 11.4 Å². The Kier molecular flexibility index (Phi) is 4.02. The van der Waals surface area contributed by atoms with E-state index in [1.54, 1.807) is 0 Å². The first-order chi connectivity index (χ1) is 8.09. The van der Waals surface area contributed by atoms with Crippen LogP contribution in [0, 0.1) is 0 Å². The summed E-state index contributed by atoms with van der Waals surface area (Å²) in [5.74, 6) is 0.405. The summed E-state index contributed by atoms with van der Waals surface area (Å²) in [6.45, 7) is 4.29. The molecular weight excluding hydrogens is 230 g/mol. The average Bonchev–Trinajstić information content (AvgIpc) is 2.58. The van der Waals surface area contributed by atoms with Gasteiger partial charge in [-0.3, -0.25) is 4.68 Å². The van der Waals surface area contributed by atoms with Crippen molar-refractivity contribution in [3.05, 3.63) is 5.69 Å². The van der Waals surface area contributed by atoms with Crippen LogP contribution in [0.5, 0.6) is 0 Å². The maximum atomic E-state index is 6.22. The molecule has 1 aromatic heterocycles. The zero-order chi connectivity index (χ0) is 12.4. The molecule has 1 fully saturated rings. The molecule has 4 heteroatoms. The molecule has 96 valence electrons. The van der Waals surface area contributed by atoms with Gasteiger partial charge in [-0.25, -0.2) is 0 Å². The maximum absolute atomic E-state index is 6.22. The Hall–Kier alpha value is -0.640. The first-order valence-electron chi connectivity index (χ1n) is 6.58. The fourth-order valence-corrected chi connectivity index (χ4v) is 3.76. The molecule has 0 bridgehead atoms. The molecule has 2 N–H and O–H groups in total. The molecule has 1 saturated carbocycles. The SMILES string of the molecule is CC(C)c1nn(C)c(SC2CCCCC2)c1N. The predicted octanol–water partition coefficient (Wildman–Crippen LogP) is 3.55. The van der Waals surface area contributed by atoms with Crippen LogP contribution in [0.15, 0.2) is 5.03 Å². The largest absolute Gasteiger partial charge is 0.395 e. The third kappa shape index (κ3) is 2.79. The third-order valence-electron chi connectivity index (χ3n) is 3.44. The van der Waals surface area contributed by atoms with Crippen LogP contribution in [0.25, 0.3) is 0 Å². The van der Waals surface area contributed by atoms with Crippen LogP contribution in [-0.4, -0.2) is 15.0 Å². The van der Waals surface area contributed by atoms with Gasteiger partial charge in [0.15, 0.2) is 0 Å². The van der Waals surface area contributed by atoms with Gasteiger partial charge in [0.2, 0.25) is 0 Å². The van der Waals surface area contributed by atoms with Crippen molar-refractivity contribution in [3.8, 4) is 0 Å². The Labute approximate surface area is 108 Å². The van der Waals surface area contributed by atoms with Crippen molar-refractivity contribution in [2.75, 3.05) is 5.73 Å². The van der Waals surface area contributed by atoms with Gasteiger partial charge in [-0.15, -0.1) is 11.8 Å². The molecule has 3 nitrogen and oxygen atoms in total. The molecular formula is C13H23N3S. The number of nitrogen functional groups attached to an aromatic ring is 1. The molecule has 17 heavy (non-hydrogen) atoms. The third-order valence-corrected chi connectivity index (χ3v) is 4.95. The molecule has 1 aliphatic carbocycles. The van der Waals surface area contributed by atoms with Crippen molar-refractivity contribution in [2.24, 2.45) is 7.05 Å². The van der Waals surface area contributed by atoms with E-state index < -0.39 is 0 Å². The Morgan fingerprint density at radius 2 is 1.94 bits per heavy atom. The fraction of sp³-hybridized carbons (Fsp3) is 0.769. The van der Waals surface area contributed by atoms with E-state index in [0.29, 0.717) is 5.92 Å². The standard InChI is InChI=1S/C13H23N3S/c1-9(2)12-11(14)13(16(3)15-12)17-10-7-5-4-6-8-10/h9-10H,4-8,14H2,1-3H3. The Morgan fingerprint density at radius 3 is 2.47 bits per heavy atom. The van der Waals surface area contributed by atoms with Crippen LogP contribution in [0.1, 0.15) is 57.6 Å². The number of hydrogen-bond acceptors (Lipinski definition) is 3. The van der Waals surface area contributed by atoms with Crippen LogP contribution < -0.4 is 5.73 Å². The molecule has 0 spiro atoms. The number of aryl methyl sites for hydroxylation is 1. The predicted molar refractivity (Wildman–Crippen MR) is 74.4 cm³/mol. The lowest BCUT2D eigenvalue weighted by Gasteiger charge is -2.21. The smallest absolute Gasteiger partial charge is 0.117 e. The lowest BCUT2D eigenvalue weighted by Crippen LogP contribution is -2.09. The summed E-state index contributed by atoms with van der Waals surface area (Å²) in [6, 6.07) is 0. The monoisotopic (exact) mass is 253 g/mol. The Morgan fingerprint density at radius 1 is 1.29 bits per heavy atom. The summed E-state index contributed by atoms with van der Waals surface area (Å²) in [4.78, 5) is 0. The van der Waals surface area contributed by atoms with E-state index in [4.69, 9.17) is 5.73 Å². The minimum Gasteiger partial charge on any atom is -0.395 e. The highest BCUT2D eigenvalue weighted by atomic mass is 32.2. The van der Waals surface area contributed by atoms with Crippen molar-refractivity contribution < 1.29 is 0 Å². The number of rotatable bonds is 3. The van der Waals surface area contributed by atoms with Gasteiger partial charge < -0.3 is 5.73 Å². The molecule has 0 aromatic carbocycles. The van der Waals surface area contributed by atoms with E-state index in [1.165, 1.54) is 37.1 Å². The molecule has 2 rings (SSSR count). The minimum absolute atomic E-state index is 0.405. The second-order valence-corrected chi connectivity index (χ2v) is 6.55. The number of anilines is 1. The quantitative estimate of drug-likeness (QED) is 0.896. The summed E-state index contributed by atoms with van der Waals surface area (Å²) in [6.07, 6.45) is 6.78. The van der Waals surface area contributed by atoms with Crippen molar-refractivity contribution in [3.63, 3.8) is 0 Å². The summed E-state index contributed by atoms with van der Waals surface area (Å²) in [5, 5.41) is 6.45. The van der Waals surface area contributed by atoms with E-state index >= 15 is 0 Å². The molecule has 1 aliphatic rings. The van der Waals surface area contributed by atoms with Crippen LogP contribution >= 0.6 is 11.8 Å². The molecule has 0 atom stereocenters. The average molecular weight is 253 g/mol. The zero-order valence-electron chi connectivity index (χ0n) is 11.1. The Balaban J connectivity index is 2.14. The lowest BCUT2D eigenvalue weighted by molar-refractivity contribution is 0.514. The van der Waals surface area contributed by atoms with Crippen molar-refractivity contribution in [1.29, 1.82) is 0 Å². The van der Waals surface area contributed by atoms with E-state index in [1.807, 2.05) is 23.5 Å². The van der Waals surface area contributed by atoms with Crippen LogP contribution in [0.4, 0.5) is 5.69 Å². The van der Waals surface area contributed by atoms with E-state index in [-0.39, 0.29) is 0 Å². The molecule has 0 radical (unpaired) electrons. The summed E-state index contributed by atoms with van der Waals surface area (Å²) < 4.78 is 1.96. The highest BCUT2D eigenvalue weighted by Crippen LogP contribution is 2.38. The van der Waals surface area contributed by atoms with Crippen LogP contribution in [-0.2, 0) is 7.05 Å². The number of thioether (sulfide) groups is 1. The van der Waals surface area contributed by atoms with Gasteiger partial charge in [-0.2, -0.15) is 5.10 Å². The second-order valence-electron chi connectivity index (χ2n) is 5.26. The zero-order valence-corrected chi connectivity index (χ0v) is 11.9. The van der Waals surface area contributed by atoms with E-state index in [0.717, 1.165) is 16.6 Å². The normalized spacial score (nSPS) is 17.9. The lowest BCUT2D eigenvalue weighted by atomic mass is 10.0. The van der Waals surface area contributed by atoms with Gasteiger partial charge >= 0.3 is 0 Å². The van der Waals surface area contributed by atoms with Gasteiger partial charge in [0.1, 0.15) is 5.03 Å². The molecule has 0 aliphatic heterocycles. The van der Waals surface area contributed by atoms with Crippen molar-refractivity contribution >= 4 is 17.4 Å². The highest BCUT2D eigenvalue weighted by Gasteiger charge is 2.21. The number of aromatic nitrogens is 2. The maximum Gasteiger partial charge on any atom is 0.117 e. The van der Waals surface area contributed by atoms with Gasteiger partial charge in [0.25, 0.3) is 0 Å². The van der Waals surface area contributed by atoms with Crippen LogP contribution in [0.2, 0.25) is 0 Å². The minimum atomic E-state index is 0.405. The summed E-state index contributed by atoms with van der Waals surface area (Å²) in [5.41, 5.74) is 8.17. The molecule has 0 unspecified atom stereocenters. The fourth-order valence-electron chi connectivity index (χ4n) is 2.45. The highest BCUT2D eigenvalue weighted by molar-refractivity contribution is 8.00. The Bertz CT molecular complexity index is 378. The number of nitrogens with zero attached hydrogens (tertiary/aromatic N) is 2. The number of nitrogens with two attached hydrogens (primary N) is 1. The van der Waals surface area contributed by atoms with Crippen LogP contribution in [0.3, 0.4) is 0 Å².